The maximum atomic E-state index is 6.29. The summed E-state index contributed by atoms with van der Waals surface area (Å²) in [5.74, 6) is 0. The molecule has 0 amide bonds. The Kier molecular flexibility index (Phi) is 8.22. The van der Waals surface area contributed by atoms with Gasteiger partial charge in [0.15, 0.2) is 6.21 Å². The Hall–Kier alpha value is -0.600. The van der Waals surface area contributed by atoms with E-state index in [1.165, 1.54) is 10.6 Å². The SMILES string of the molecule is CC(C)[NH+]=CC(C)(C)SP(=S)(c1ccccc1)c1ccccc1.[Cl-]. The predicted octanol–water partition coefficient (Wildman–Crippen LogP) is 0.108. The van der Waals surface area contributed by atoms with E-state index in [2.05, 4.69) is 99.6 Å². The molecule has 0 atom stereocenters. The summed E-state index contributed by atoms with van der Waals surface area (Å²) in [5.41, 5.74) is 0. The lowest BCUT2D eigenvalue weighted by molar-refractivity contribution is -0.490. The maximum absolute atomic E-state index is 6.29. The first-order valence-corrected chi connectivity index (χ1v) is 12.1. The summed E-state index contributed by atoms with van der Waals surface area (Å²) in [5, 5.41) is 0.596. The summed E-state index contributed by atoms with van der Waals surface area (Å²) in [6, 6.07) is 21.6. The third-order valence-electron chi connectivity index (χ3n) is 3.32. The Bertz CT molecular complexity index is 656. The van der Waals surface area contributed by atoms with Gasteiger partial charge >= 0.3 is 0 Å². The fourth-order valence-electron chi connectivity index (χ4n) is 2.23. The van der Waals surface area contributed by atoms with Gasteiger partial charge in [-0.25, -0.2) is 4.99 Å². The molecule has 0 radical (unpaired) electrons. The molecule has 0 saturated heterocycles. The lowest BCUT2D eigenvalue weighted by atomic mass is 10.2. The first kappa shape index (κ1) is 21.4. The minimum absolute atomic E-state index is 0. The van der Waals surface area contributed by atoms with Gasteiger partial charge in [0.05, 0.1) is 9.99 Å². The second-order valence-electron chi connectivity index (χ2n) is 6.38. The van der Waals surface area contributed by atoms with E-state index in [-0.39, 0.29) is 17.2 Å². The summed E-state index contributed by atoms with van der Waals surface area (Å²) < 4.78 is -0.0501. The average Bonchev–Trinajstić information content (AvgIpc) is 2.54. The first-order chi connectivity index (χ1) is 10.8. The van der Waals surface area contributed by atoms with Gasteiger partial charge in [-0.2, -0.15) is 0 Å². The fraction of sp³-hybridized carbons (Fsp3) is 0.316. The van der Waals surface area contributed by atoms with Gasteiger partial charge in [0, 0.05) is 0 Å². The molecular weight excluding hydrogens is 373 g/mol. The number of rotatable bonds is 6. The van der Waals surface area contributed by atoms with Gasteiger partial charge in [0.1, 0.15) is 6.04 Å². The Morgan fingerprint density at radius 2 is 1.38 bits per heavy atom. The molecule has 0 aliphatic rings. The maximum Gasteiger partial charge on any atom is 0.154 e. The summed E-state index contributed by atoms with van der Waals surface area (Å²) in [6.45, 7) is 8.78. The molecule has 0 unspecified atom stereocenters. The predicted molar refractivity (Wildman–Crippen MR) is 110 cm³/mol. The summed E-state index contributed by atoms with van der Waals surface area (Å²) in [7, 11) is 0. The van der Waals surface area contributed by atoms with E-state index in [0.29, 0.717) is 6.04 Å². The van der Waals surface area contributed by atoms with Crippen LogP contribution in [-0.4, -0.2) is 17.0 Å². The number of hydrogen-bond acceptors (Lipinski definition) is 2. The number of benzene rings is 2. The van der Waals surface area contributed by atoms with Gasteiger partial charge < -0.3 is 12.4 Å². The molecule has 0 spiro atoms. The lowest BCUT2D eigenvalue weighted by Crippen LogP contribution is -3.00. The van der Waals surface area contributed by atoms with Crippen LogP contribution in [0.5, 0.6) is 0 Å². The highest BCUT2D eigenvalue weighted by Gasteiger charge is 2.32. The van der Waals surface area contributed by atoms with Gasteiger partial charge in [-0.05, 0) is 38.3 Å². The molecule has 2 aromatic carbocycles. The quantitative estimate of drug-likeness (QED) is 0.549. The second kappa shape index (κ2) is 9.20. The van der Waals surface area contributed by atoms with Crippen LogP contribution in [0.2, 0.25) is 0 Å². The second-order valence-corrected chi connectivity index (χ2v) is 14.3. The van der Waals surface area contributed by atoms with Crippen molar-refractivity contribution in [2.75, 3.05) is 0 Å². The van der Waals surface area contributed by atoms with Gasteiger partial charge in [-0.15, -0.1) is 0 Å². The Balaban J connectivity index is 0.00000288. The van der Waals surface area contributed by atoms with Gasteiger partial charge in [0.25, 0.3) is 0 Å². The number of nitrogens with one attached hydrogen (secondary N) is 1. The zero-order valence-corrected chi connectivity index (χ0v) is 17.9. The van der Waals surface area contributed by atoms with E-state index in [9.17, 15) is 0 Å². The normalized spacial score (nSPS) is 12.4. The average molecular weight is 398 g/mol. The molecule has 2 aromatic rings. The molecule has 0 aromatic heterocycles. The molecule has 1 nitrogen and oxygen atoms in total. The first-order valence-electron chi connectivity index (χ1n) is 7.86. The van der Waals surface area contributed by atoms with Crippen molar-refractivity contribution in [1.82, 2.24) is 0 Å². The monoisotopic (exact) mass is 397 g/mol. The molecular formula is C19H25ClNPS2. The molecule has 1 N–H and O–H groups in total. The van der Waals surface area contributed by atoms with Crippen molar-refractivity contribution in [3.8, 4) is 0 Å². The third kappa shape index (κ3) is 5.74. The highest BCUT2D eigenvalue weighted by Crippen LogP contribution is 2.61. The number of halogens is 1. The molecule has 130 valence electrons. The molecule has 0 heterocycles. The molecule has 5 heteroatoms. The standard InChI is InChI=1S/C19H24NPS2.ClH/c1-16(2)20-15-19(3,4)23-21(22,17-11-7-5-8-12-17)18-13-9-6-10-14-18;/h5-16H,1-4H3;1H. The van der Waals surface area contributed by atoms with Crippen LogP contribution >= 0.6 is 16.6 Å². The Morgan fingerprint density at radius 1 is 0.958 bits per heavy atom. The van der Waals surface area contributed by atoms with E-state index in [1.54, 1.807) is 0 Å². The Morgan fingerprint density at radius 3 is 1.75 bits per heavy atom. The summed E-state index contributed by atoms with van der Waals surface area (Å²) in [4.78, 5) is 3.44. The van der Waals surface area contributed by atoms with E-state index in [4.69, 9.17) is 11.8 Å². The molecule has 24 heavy (non-hydrogen) atoms. The molecule has 0 bridgehead atoms. The van der Waals surface area contributed by atoms with E-state index in [1.807, 2.05) is 11.4 Å². The van der Waals surface area contributed by atoms with Crippen molar-refractivity contribution in [2.45, 2.75) is 38.5 Å². The third-order valence-corrected chi connectivity index (χ3v) is 11.5. The zero-order chi connectivity index (χ0) is 16.9. The zero-order valence-electron chi connectivity index (χ0n) is 14.6. The van der Waals surface area contributed by atoms with Crippen molar-refractivity contribution >= 4 is 45.3 Å². The van der Waals surface area contributed by atoms with Crippen LogP contribution in [0.25, 0.3) is 0 Å². The molecule has 0 aliphatic heterocycles. The summed E-state index contributed by atoms with van der Waals surface area (Å²) >= 11 is 8.19. The molecule has 0 saturated carbocycles. The van der Waals surface area contributed by atoms with Crippen LogP contribution in [0.1, 0.15) is 27.7 Å². The van der Waals surface area contributed by atoms with Crippen LogP contribution in [-0.2, 0) is 11.8 Å². The van der Waals surface area contributed by atoms with Crippen molar-refractivity contribution in [1.29, 1.82) is 0 Å². The summed E-state index contributed by atoms with van der Waals surface area (Å²) in [6.07, 6.45) is 2.19. The molecule has 0 aliphatic carbocycles. The van der Waals surface area contributed by atoms with Crippen molar-refractivity contribution in [2.24, 2.45) is 0 Å². The number of hydrogen-bond donors (Lipinski definition) is 1. The largest absolute Gasteiger partial charge is 1.00 e. The van der Waals surface area contributed by atoms with Crippen LogP contribution in [0.15, 0.2) is 60.7 Å². The Labute approximate surface area is 161 Å². The van der Waals surface area contributed by atoms with Crippen molar-refractivity contribution in [3.63, 3.8) is 0 Å². The lowest BCUT2D eigenvalue weighted by Gasteiger charge is -2.29. The van der Waals surface area contributed by atoms with Gasteiger partial charge in [-0.1, -0.05) is 83.9 Å². The van der Waals surface area contributed by atoms with Crippen LogP contribution < -0.4 is 28.0 Å². The molecule has 2 rings (SSSR count). The highest BCUT2D eigenvalue weighted by atomic mass is 35.5. The molecule has 0 fully saturated rings. The fourth-order valence-corrected chi connectivity index (χ4v) is 10.6. The minimum atomic E-state index is -1.93. The topological polar surface area (TPSA) is 14.0 Å². The van der Waals surface area contributed by atoms with Crippen molar-refractivity contribution < 1.29 is 17.4 Å². The smallest absolute Gasteiger partial charge is 0.154 e. The van der Waals surface area contributed by atoms with Crippen molar-refractivity contribution in [3.05, 3.63) is 60.7 Å². The van der Waals surface area contributed by atoms with E-state index < -0.39 is 5.24 Å². The van der Waals surface area contributed by atoms with E-state index in [0.717, 1.165) is 0 Å². The van der Waals surface area contributed by atoms with Crippen LogP contribution in [0.4, 0.5) is 0 Å². The van der Waals surface area contributed by atoms with Gasteiger partial charge in [0.2, 0.25) is 0 Å². The van der Waals surface area contributed by atoms with Crippen LogP contribution in [0, 0.1) is 0 Å². The van der Waals surface area contributed by atoms with E-state index >= 15 is 0 Å². The van der Waals surface area contributed by atoms with Crippen LogP contribution in [0.3, 0.4) is 0 Å². The highest BCUT2D eigenvalue weighted by molar-refractivity contribution is 8.75. The van der Waals surface area contributed by atoms with Gasteiger partial charge in [-0.3, -0.25) is 0 Å². The minimum Gasteiger partial charge on any atom is -1.00 e.